The number of nitrogens with zero attached hydrogens (tertiary/aromatic N) is 2. The summed E-state index contributed by atoms with van der Waals surface area (Å²) in [7, 11) is -3.79. The Morgan fingerprint density at radius 2 is 2.12 bits per heavy atom. The Bertz CT molecular complexity index is 445. The van der Waals surface area contributed by atoms with E-state index in [1.807, 2.05) is 0 Å². The Labute approximate surface area is 89.9 Å². The summed E-state index contributed by atoms with van der Waals surface area (Å²) in [5, 5.41) is 3.22. The van der Waals surface area contributed by atoms with E-state index >= 15 is 0 Å². The van der Waals surface area contributed by atoms with Gasteiger partial charge in [0, 0.05) is 12.3 Å². The van der Waals surface area contributed by atoms with Crippen LogP contribution in [0.2, 0.25) is 0 Å². The van der Waals surface area contributed by atoms with E-state index in [1.165, 1.54) is 6.92 Å². The van der Waals surface area contributed by atoms with Gasteiger partial charge in [0.25, 0.3) is 18.6 Å². The third kappa shape index (κ3) is 3.12. The highest BCUT2D eigenvalue weighted by Gasteiger charge is 2.23. The second-order valence-corrected chi connectivity index (χ2v) is 4.63. The number of alkyl halides is 3. The van der Waals surface area contributed by atoms with E-state index in [0.29, 0.717) is 4.68 Å². The first-order valence-electron chi connectivity index (χ1n) is 4.25. The summed E-state index contributed by atoms with van der Waals surface area (Å²) in [4.78, 5) is 0. The van der Waals surface area contributed by atoms with E-state index < -0.39 is 28.7 Å². The number of halogens is 3. The van der Waals surface area contributed by atoms with Crippen LogP contribution in [0.25, 0.3) is 0 Å². The van der Waals surface area contributed by atoms with Gasteiger partial charge in [-0.25, -0.2) is 17.9 Å². The zero-order chi connectivity index (χ0) is 12.3. The fourth-order valence-corrected chi connectivity index (χ4v) is 1.27. The minimum absolute atomic E-state index is 0.297. The first-order chi connectivity index (χ1) is 7.35. The first kappa shape index (κ1) is 12.8. The van der Waals surface area contributed by atoms with Gasteiger partial charge >= 0.3 is 10.1 Å². The molecule has 0 N–H and O–H groups in total. The maximum atomic E-state index is 12.7. The maximum Gasteiger partial charge on any atom is 0.310 e. The van der Waals surface area contributed by atoms with Gasteiger partial charge in [0.1, 0.15) is 0 Å². The molecule has 0 aromatic carbocycles. The summed E-state index contributed by atoms with van der Waals surface area (Å²) in [5.41, 5.74) is 0. The topological polar surface area (TPSA) is 61.2 Å². The molecule has 5 nitrogen and oxygen atoms in total. The molecule has 0 aliphatic rings. The summed E-state index contributed by atoms with van der Waals surface area (Å²) in [6.07, 6.45) is -4.99. The van der Waals surface area contributed by atoms with E-state index in [2.05, 4.69) is 9.28 Å². The normalized spacial score (nSPS) is 14.1. The third-order valence-electron chi connectivity index (χ3n) is 1.61. The number of hydrogen-bond acceptors (Lipinski definition) is 4. The fourth-order valence-electron chi connectivity index (χ4n) is 0.807. The van der Waals surface area contributed by atoms with Gasteiger partial charge in [-0.3, -0.25) is 0 Å². The number of hydrogen-bond donors (Lipinski definition) is 0. The van der Waals surface area contributed by atoms with E-state index in [-0.39, 0.29) is 5.75 Å². The van der Waals surface area contributed by atoms with Gasteiger partial charge in [-0.15, -0.1) is 5.10 Å². The molecule has 9 heteroatoms. The minimum atomic E-state index is -3.79. The lowest BCUT2D eigenvalue weighted by Crippen LogP contribution is -2.14. The lowest BCUT2D eigenvalue weighted by Gasteiger charge is -2.06. The molecule has 1 rings (SSSR count). The van der Waals surface area contributed by atoms with E-state index in [1.54, 1.807) is 0 Å². The van der Waals surface area contributed by atoms with Crippen LogP contribution in [0.15, 0.2) is 12.3 Å². The third-order valence-corrected chi connectivity index (χ3v) is 2.74. The molecule has 0 saturated heterocycles. The molecular weight excluding hydrogens is 249 g/mol. The smallest absolute Gasteiger partial charge is 0.310 e. The van der Waals surface area contributed by atoms with Crippen molar-refractivity contribution in [1.82, 2.24) is 9.78 Å². The molecule has 0 aliphatic carbocycles. The standard InChI is InChI=1S/C7H9F3N2O3S/c1-2-16(13,14)15-5-3-4-12(11-5)7(10)6(8)9/h3-4,6-7H,2H2,1H3. The predicted molar refractivity (Wildman–Crippen MR) is 48.5 cm³/mol. The van der Waals surface area contributed by atoms with Crippen molar-refractivity contribution in [3.63, 3.8) is 0 Å². The summed E-state index contributed by atoms with van der Waals surface area (Å²) in [6, 6.07) is 0.988. The maximum absolute atomic E-state index is 12.7. The molecule has 0 fully saturated rings. The van der Waals surface area contributed by atoms with Crippen LogP contribution < -0.4 is 4.18 Å². The Morgan fingerprint density at radius 1 is 1.50 bits per heavy atom. The number of rotatable bonds is 5. The van der Waals surface area contributed by atoms with Gasteiger partial charge < -0.3 is 4.18 Å². The van der Waals surface area contributed by atoms with Crippen molar-refractivity contribution in [3.05, 3.63) is 12.3 Å². The molecular formula is C7H9F3N2O3S. The Kier molecular flexibility index (Phi) is 3.79. The van der Waals surface area contributed by atoms with Crippen LogP contribution in [0.4, 0.5) is 13.2 Å². The largest absolute Gasteiger partial charge is 0.360 e. The molecule has 1 heterocycles. The fraction of sp³-hybridized carbons (Fsp3) is 0.571. The van der Waals surface area contributed by atoms with Crippen LogP contribution in [-0.4, -0.2) is 30.4 Å². The van der Waals surface area contributed by atoms with E-state index in [9.17, 15) is 21.6 Å². The van der Waals surface area contributed by atoms with Crippen molar-refractivity contribution in [2.24, 2.45) is 0 Å². The monoisotopic (exact) mass is 258 g/mol. The molecule has 0 aliphatic heterocycles. The highest BCUT2D eigenvalue weighted by Crippen LogP contribution is 2.19. The quantitative estimate of drug-likeness (QED) is 0.748. The Hall–Kier alpha value is -1.25. The van der Waals surface area contributed by atoms with Crippen LogP contribution in [-0.2, 0) is 10.1 Å². The van der Waals surface area contributed by atoms with E-state index in [0.717, 1.165) is 12.3 Å². The second kappa shape index (κ2) is 4.73. The molecule has 0 radical (unpaired) electrons. The number of aromatic nitrogens is 2. The Morgan fingerprint density at radius 3 is 2.62 bits per heavy atom. The molecule has 1 atom stereocenters. The molecule has 92 valence electrons. The SMILES string of the molecule is CCS(=O)(=O)Oc1ccn(C(F)C(F)F)n1. The lowest BCUT2D eigenvalue weighted by molar-refractivity contribution is 0.000467. The average Bonchev–Trinajstić information content (AvgIpc) is 2.64. The van der Waals surface area contributed by atoms with Crippen molar-refractivity contribution < 1.29 is 25.8 Å². The molecule has 0 spiro atoms. The summed E-state index contributed by atoms with van der Waals surface area (Å²) in [6.45, 7) is 1.34. The van der Waals surface area contributed by atoms with Crippen molar-refractivity contribution in [2.45, 2.75) is 19.6 Å². The molecule has 0 saturated carbocycles. The summed E-state index contributed by atoms with van der Waals surface area (Å²) < 4.78 is 63.2. The van der Waals surface area contributed by atoms with Crippen molar-refractivity contribution >= 4 is 10.1 Å². The molecule has 1 unspecified atom stereocenters. The van der Waals surface area contributed by atoms with Gasteiger partial charge in [-0.05, 0) is 6.92 Å². The van der Waals surface area contributed by atoms with Crippen LogP contribution >= 0.6 is 0 Å². The molecule has 16 heavy (non-hydrogen) atoms. The minimum Gasteiger partial charge on any atom is -0.360 e. The van der Waals surface area contributed by atoms with E-state index in [4.69, 9.17) is 0 Å². The average molecular weight is 258 g/mol. The highest BCUT2D eigenvalue weighted by atomic mass is 32.2. The molecule has 0 amide bonds. The molecule has 1 aromatic heterocycles. The van der Waals surface area contributed by atoms with Gasteiger partial charge in [-0.2, -0.15) is 8.42 Å². The summed E-state index contributed by atoms with van der Waals surface area (Å²) in [5.74, 6) is -0.738. The van der Waals surface area contributed by atoms with Crippen LogP contribution in [0.3, 0.4) is 0 Å². The van der Waals surface area contributed by atoms with Gasteiger partial charge in [0.15, 0.2) is 0 Å². The van der Waals surface area contributed by atoms with Crippen molar-refractivity contribution in [1.29, 1.82) is 0 Å². The van der Waals surface area contributed by atoms with Crippen LogP contribution in [0, 0.1) is 0 Å². The molecule has 1 aromatic rings. The van der Waals surface area contributed by atoms with Gasteiger partial charge in [0.2, 0.25) is 0 Å². The van der Waals surface area contributed by atoms with Gasteiger partial charge in [0.05, 0.1) is 5.75 Å². The van der Waals surface area contributed by atoms with Gasteiger partial charge in [-0.1, -0.05) is 0 Å². The highest BCUT2D eigenvalue weighted by molar-refractivity contribution is 7.87. The molecule has 0 bridgehead atoms. The predicted octanol–water partition coefficient (Wildman–Crippen LogP) is 1.34. The van der Waals surface area contributed by atoms with Crippen molar-refractivity contribution in [3.8, 4) is 5.88 Å². The zero-order valence-electron chi connectivity index (χ0n) is 8.18. The van der Waals surface area contributed by atoms with Crippen molar-refractivity contribution in [2.75, 3.05) is 5.75 Å². The first-order valence-corrected chi connectivity index (χ1v) is 5.83. The lowest BCUT2D eigenvalue weighted by atomic mass is 10.6. The Balaban J connectivity index is 2.80. The zero-order valence-corrected chi connectivity index (χ0v) is 8.99. The second-order valence-electron chi connectivity index (χ2n) is 2.77. The summed E-state index contributed by atoms with van der Waals surface area (Å²) >= 11 is 0. The van der Waals surface area contributed by atoms with Crippen LogP contribution in [0.5, 0.6) is 5.88 Å². The van der Waals surface area contributed by atoms with Crippen LogP contribution in [0.1, 0.15) is 13.2 Å².